The molecule has 0 saturated heterocycles. The van der Waals surface area contributed by atoms with E-state index in [1.54, 1.807) is 6.07 Å². The number of nitrogens with one attached hydrogen (secondary N) is 1. The predicted octanol–water partition coefficient (Wildman–Crippen LogP) is 2.60. The summed E-state index contributed by atoms with van der Waals surface area (Å²) < 4.78 is 0. The smallest absolute Gasteiger partial charge is 0.363 e. The molecule has 0 fully saturated rings. The first-order valence-electron chi connectivity index (χ1n) is 5.14. The van der Waals surface area contributed by atoms with Crippen molar-refractivity contribution in [3.05, 3.63) is 64.3 Å². The molecule has 0 spiro atoms. The minimum atomic E-state index is -0.513. The summed E-state index contributed by atoms with van der Waals surface area (Å²) in [5.41, 5.74) is 1.91. The van der Waals surface area contributed by atoms with Gasteiger partial charge in [0.25, 0.3) is 0 Å². The molecule has 1 aromatic heterocycles. The van der Waals surface area contributed by atoms with E-state index in [2.05, 4.69) is 10.3 Å². The Hall–Kier alpha value is -2.43. The maximum atomic E-state index is 10.4. The van der Waals surface area contributed by atoms with Gasteiger partial charge < -0.3 is 15.4 Å². The average molecular weight is 229 g/mol. The maximum absolute atomic E-state index is 10.4. The van der Waals surface area contributed by atoms with E-state index in [4.69, 9.17) is 0 Å². The van der Waals surface area contributed by atoms with Crippen LogP contribution < -0.4 is 5.32 Å². The second-order valence-corrected chi connectivity index (χ2v) is 3.50. The Balaban J connectivity index is 1.98. The molecule has 2 rings (SSSR count). The number of hydrogen-bond donors (Lipinski definition) is 1. The average Bonchev–Trinajstić information content (AvgIpc) is 2.38. The van der Waals surface area contributed by atoms with Crippen LogP contribution in [0, 0.1) is 10.1 Å². The van der Waals surface area contributed by atoms with Crippen molar-refractivity contribution in [2.24, 2.45) is 0 Å². The SMILES string of the molecule is O=[N+]([O-])c1ccc(NCc2ccccc2)cn1. The number of nitrogens with zero attached hydrogens (tertiary/aromatic N) is 2. The lowest BCUT2D eigenvalue weighted by atomic mass is 10.2. The number of nitro groups is 1. The summed E-state index contributed by atoms with van der Waals surface area (Å²) in [4.78, 5) is 13.6. The molecular formula is C12H11N3O2. The summed E-state index contributed by atoms with van der Waals surface area (Å²) in [6.45, 7) is 0.667. The summed E-state index contributed by atoms with van der Waals surface area (Å²) in [6.07, 6.45) is 1.46. The zero-order chi connectivity index (χ0) is 12.1. The number of pyridine rings is 1. The third-order valence-corrected chi connectivity index (χ3v) is 2.27. The lowest BCUT2D eigenvalue weighted by Crippen LogP contribution is -2.00. The van der Waals surface area contributed by atoms with E-state index in [1.807, 2.05) is 30.3 Å². The van der Waals surface area contributed by atoms with Crippen molar-refractivity contribution in [1.29, 1.82) is 0 Å². The van der Waals surface area contributed by atoms with Gasteiger partial charge in [0.15, 0.2) is 6.20 Å². The van der Waals surface area contributed by atoms with Gasteiger partial charge in [-0.2, -0.15) is 0 Å². The molecule has 1 N–H and O–H groups in total. The van der Waals surface area contributed by atoms with Crippen LogP contribution in [0.1, 0.15) is 5.56 Å². The molecule has 2 aromatic rings. The Labute approximate surface area is 98.3 Å². The van der Waals surface area contributed by atoms with Gasteiger partial charge in [0, 0.05) is 12.6 Å². The van der Waals surface area contributed by atoms with Gasteiger partial charge in [-0.3, -0.25) is 0 Å². The maximum Gasteiger partial charge on any atom is 0.363 e. The van der Waals surface area contributed by atoms with Gasteiger partial charge in [0.1, 0.15) is 0 Å². The largest absolute Gasteiger partial charge is 0.378 e. The van der Waals surface area contributed by atoms with Crippen LogP contribution in [0.2, 0.25) is 0 Å². The monoisotopic (exact) mass is 229 g/mol. The Bertz CT molecular complexity index is 497. The van der Waals surface area contributed by atoms with Crippen molar-refractivity contribution in [2.45, 2.75) is 6.54 Å². The van der Waals surface area contributed by atoms with Gasteiger partial charge >= 0.3 is 5.82 Å². The van der Waals surface area contributed by atoms with E-state index in [-0.39, 0.29) is 5.82 Å². The predicted molar refractivity (Wildman–Crippen MR) is 64.7 cm³/mol. The summed E-state index contributed by atoms with van der Waals surface area (Å²) in [7, 11) is 0. The molecule has 0 aliphatic carbocycles. The number of rotatable bonds is 4. The first kappa shape index (κ1) is 11.1. The Morgan fingerprint density at radius 2 is 1.94 bits per heavy atom. The van der Waals surface area contributed by atoms with Gasteiger partial charge in [-0.05, 0) is 21.5 Å². The van der Waals surface area contributed by atoms with Gasteiger partial charge in [0.2, 0.25) is 0 Å². The number of benzene rings is 1. The summed E-state index contributed by atoms with van der Waals surface area (Å²) in [5, 5.41) is 13.6. The topological polar surface area (TPSA) is 68.1 Å². The first-order valence-corrected chi connectivity index (χ1v) is 5.14. The zero-order valence-electron chi connectivity index (χ0n) is 9.04. The van der Waals surface area contributed by atoms with E-state index in [9.17, 15) is 10.1 Å². The van der Waals surface area contributed by atoms with Gasteiger partial charge in [-0.1, -0.05) is 30.3 Å². The molecule has 0 radical (unpaired) electrons. The fraction of sp³-hybridized carbons (Fsp3) is 0.0833. The van der Waals surface area contributed by atoms with Gasteiger partial charge in [0.05, 0.1) is 5.69 Å². The van der Waals surface area contributed by atoms with E-state index in [1.165, 1.54) is 12.3 Å². The molecule has 0 amide bonds. The third-order valence-electron chi connectivity index (χ3n) is 2.27. The first-order chi connectivity index (χ1) is 8.25. The number of hydrogen-bond acceptors (Lipinski definition) is 4. The number of anilines is 1. The summed E-state index contributed by atoms with van der Waals surface area (Å²) in [5.74, 6) is -0.143. The second-order valence-electron chi connectivity index (χ2n) is 3.50. The standard InChI is InChI=1S/C12H11N3O2/c16-15(17)12-7-6-11(9-14-12)13-8-10-4-2-1-3-5-10/h1-7,9,13H,8H2. The van der Waals surface area contributed by atoms with Crippen molar-refractivity contribution in [3.63, 3.8) is 0 Å². The Kier molecular flexibility index (Phi) is 3.30. The lowest BCUT2D eigenvalue weighted by Gasteiger charge is -2.04. The minimum Gasteiger partial charge on any atom is -0.378 e. The fourth-order valence-corrected chi connectivity index (χ4v) is 1.40. The van der Waals surface area contributed by atoms with Crippen LogP contribution in [0.25, 0.3) is 0 Å². The highest BCUT2D eigenvalue weighted by Gasteiger charge is 2.05. The number of aromatic nitrogens is 1. The molecule has 0 saturated carbocycles. The molecule has 0 atom stereocenters. The van der Waals surface area contributed by atoms with Crippen molar-refractivity contribution >= 4 is 11.5 Å². The Morgan fingerprint density at radius 1 is 1.18 bits per heavy atom. The van der Waals surface area contributed by atoms with E-state index >= 15 is 0 Å². The highest BCUT2D eigenvalue weighted by atomic mass is 16.6. The van der Waals surface area contributed by atoms with Crippen molar-refractivity contribution in [1.82, 2.24) is 4.98 Å². The highest BCUT2D eigenvalue weighted by Crippen LogP contribution is 2.12. The Morgan fingerprint density at radius 3 is 2.53 bits per heavy atom. The van der Waals surface area contributed by atoms with Crippen molar-refractivity contribution in [3.8, 4) is 0 Å². The molecule has 0 bridgehead atoms. The van der Waals surface area contributed by atoms with E-state index < -0.39 is 4.92 Å². The molecule has 1 aromatic carbocycles. The molecule has 86 valence electrons. The van der Waals surface area contributed by atoms with Crippen LogP contribution in [0.4, 0.5) is 11.5 Å². The molecule has 1 heterocycles. The quantitative estimate of drug-likeness (QED) is 0.646. The molecule has 5 nitrogen and oxygen atoms in total. The molecule has 17 heavy (non-hydrogen) atoms. The van der Waals surface area contributed by atoms with Crippen LogP contribution >= 0.6 is 0 Å². The summed E-state index contributed by atoms with van der Waals surface area (Å²) in [6, 6.07) is 12.9. The van der Waals surface area contributed by atoms with Crippen LogP contribution in [-0.2, 0) is 6.54 Å². The van der Waals surface area contributed by atoms with Crippen LogP contribution in [0.15, 0.2) is 48.7 Å². The lowest BCUT2D eigenvalue weighted by molar-refractivity contribution is -0.389. The minimum absolute atomic E-state index is 0.143. The molecular weight excluding hydrogens is 218 g/mol. The van der Waals surface area contributed by atoms with E-state index in [0.717, 1.165) is 11.3 Å². The van der Waals surface area contributed by atoms with Crippen LogP contribution in [-0.4, -0.2) is 9.91 Å². The molecule has 0 aliphatic heterocycles. The summed E-state index contributed by atoms with van der Waals surface area (Å²) >= 11 is 0. The van der Waals surface area contributed by atoms with E-state index in [0.29, 0.717) is 6.54 Å². The van der Waals surface area contributed by atoms with Gasteiger partial charge in [-0.15, -0.1) is 0 Å². The normalized spacial score (nSPS) is 9.88. The van der Waals surface area contributed by atoms with Crippen molar-refractivity contribution in [2.75, 3.05) is 5.32 Å². The zero-order valence-corrected chi connectivity index (χ0v) is 9.04. The molecule has 5 heteroatoms. The molecule has 0 aliphatic rings. The van der Waals surface area contributed by atoms with Crippen LogP contribution in [0.3, 0.4) is 0 Å². The van der Waals surface area contributed by atoms with Gasteiger partial charge in [-0.25, -0.2) is 0 Å². The molecule has 0 unspecified atom stereocenters. The highest BCUT2D eigenvalue weighted by molar-refractivity contribution is 5.43. The van der Waals surface area contributed by atoms with Crippen molar-refractivity contribution < 1.29 is 4.92 Å². The third kappa shape index (κ3) is 3.01. The van der Waals surface area contributed by atoms with Crippen LogP contribution in [0.5, 0.6) is 0 Å². The fourth-order valence-electron chi connectivity index (χ4n) is 1.40. The second kappa shape index (κ2) is 5.07.